The van der Waals surface area contributed by atoms with Gasteiger partial charge < -0.3 is 0 Å². The highest BCUT2D eigenvalue weighted by molar-refractivity contribution is 7.90. The Morgan fingerprint density at radius 1 is 0.879 bits per heavy atom. The molecule has 1 atom stereocenters. The number of Topliss-reactive ketones (excluding diaryl/α,β-unsaturated/α-hetero) is 1. The average Bonchev–Trinajstić information content (AvgIpc) is 3.23. The Labute approximate surface area is 196 Å². The summed E-state index contributed by atoms with van der Waals surface area (Å²) in [6.07, 6.45) is 1.49. The van der Waals surface area contributed by atoms with Crippen LogP contribution in [0, 0.1) is 0 Å². The summed E-state index contributed by atoms with van der Waals surface area (Å²) in [4.78, 5) is 13.9. The van der Waals surface area contributed by atoms with Crippen molar-refractivity contribution in [1.82, 2.24) is 0 Å². The lowest BCUT2D eigenvalue weighted by atomic mass is 9.93. The fraction of sp³-hybridized carbons (Fsp3) is 0.115. The maximum Gasteiger partial charge on any atom is 0.175 e. The molecule has 1 aliphatic heterocycles. The van der Waals surface area contributed by atoms with E-state index in [1.54, 1.807) is 24.3 Å². The quantitative estimate of drug-likeness (QED) is 0.419. The molecule has 4 aromatic rings. The van der Waals surface area contributed by atoms with Crippen LogP contribution in [0.4, 0.5) is 5.69 Å². The zero-order valence-corrected chi connectivity index (χ0v) is 19.4. The highest BCUT2D eigenvalue weighted by Crippen LogP contribution is 2.45. The number of carbonyl (C=O) groups excluding carboxylic acids is 1. The molecule has 33 heavy (non-hydrogen) atoms. The van der Waals surface area contributed by atoms with Crippen molar-refractivity contribution in [3.63, 3.8) is 0 Å². The summed E-state index contributed by atoms with van der Waals surface area (Å²) < 4.78 is 23.4. The number of ketones is 1. The van der Waals surface area contributed by atoms with E-state index in [9.17, 15) is 18.4 Å². The Kier molecular flexibility index (Phi) is 5.40. The summed E-state index contributed by atoms with van der Waals surface area (Å²) in [7, 11) is -3.23. The number of sulfone groups is 1. The van der Waals surface area contributed by atoms with Crippen LogP contribution in [-0.2, 0) is 21.1 Å². The van der Waals surface area contributed by atoms with Gasteiger partial charge in [-0.2, -0.15) is 0 Å². The van der Waals surface area contributed by atoms with Gasteiger partial charge in [-0.15, -0.1) is 11.3 Å². The fourth-order valence-corrected chi connectivity index (χ4v) is 5.87. The van der Waals surface area contributed by atoms with Gasteiger partial charge in [-0.05, 0) is 34.4 Å². The van der Waals surface area contributed by atoms with Crippen molar-refractivity contribution in [1.29, 1.82) is 0 Å². The second-order valence-electron chi connectivity index (χ2n) is 8.10. The predicted molar refractivity (Wildman–Crippen MR) is 130 cm³/mol. The molecule has 0 aliphatic carbocycles. The number of thiophene rings is 1. The minimum Gasteiger partial charge on any atom is -0.296 e. The number of fused-ring (bicyclic) bond motifs is 1. The second-order valence-corrected chi connectivity index (χ2v) is 11.1. The number of rotatable bonds is 4. The summed E-state index contributed by atoms with van der Waals surface area (Å²) in [5, 5.41) is 14.2. The predicted octanol–water partition coefficient (Wildman–Crippen LogP) is 5.55. The first-order valence-electron chi connectivity index (χ1n) is 10.4. The van der Waals surface area contributed by atoms with Crippen molar-refractivity contribution >= 4 is 32.6 Å². The minimum absolute atomic E-state index is 0.0301. The molecule has 0 amide bonds. The Bertz CT molecular complexity index is 1420. The van der Waals surface area contributed by atoms with Crippen LogP contribution < -0.4 is 5.06 Å². The third-order valence-corrected chi connectivity index (χ3v) is 7.98. The molecule has 3 aromatic carbocycles. The van der Waals surface area contributed by atoms with Crippen molar-refractivity contribution in [2.24, 2.45) is 0 Å². The van der Waals surface area contributed by atoms with E-state index in [1.165, 1.54) is 17.6 Å². The molecule has 1 aliphatic rings. The molecule has 166 valence electrons. The van der Waals surface area contributed by atoms with Gasteiger partial charge in [0.1, 0.15) is 6.04 Å². The van der Waals surface area contributed by atoms with Crippen LogP contribution in [-0.4, -0.2) is 25.7 Å². The van der Waals surface area contributed by atoms with Crippen molar-refractivity contribution < 1.29 is 18.4 Å². The second kappa shape index (κ2) is 8.26. The van der Waals surface area contributed by atoms with Gasteiger partial charge in [0.05, 0.1) is 10.6 Å². The zero-order valence-electron chi connectivity index (χ0n) is 17.8. The fourth-order valence-electron chi connectivity index (χ4n) is 4.19. The van der Waals surface area contributed by atoms with E-state index in [0.29, 0.717) is 17.0 Å². The molecule has 5 nitrogen and oxygen atoms in total. The first-order valence-corrected chi connectivity index (χ1v) is 13.2. The van der Waals surface area contributed by atoms with E-state index >= 15 is 0 Å². The van der Waals surface area contributed by atoms with E-state index in [4.69, 9.17) is 0 Å². The highest BCUT2D eigenvalue weighted by atomic mass is 32.2. The number of nitrogens with zero attached hydrogens (tertiary/aromatic N) is 1. The summed E-state index contributed by atoms with van der Waals surface area (Å²) in [5.41, 5.74) is 5.13. The van der Waals surface area contributed by atoms with Crippen LogP contribution in [0.25, 0.3) is 22.3 Å². The lowest BCUT2D eigenvalue weighted by Gasteiger charge is -2.32. The van der Waals surface area contributed by atoms with Crippen LogP contribution in [0.3, 0.4) is 0 Å². The van der Waals surface area contributed by atoms with Gasteiger partial charge in [-0.25, -0.2) is 13.5 Å². The zero-order chi connectivity index (χ0) is 23.2. The number of carbonyl (C=O) groups is 1. The molecule has 1 aromatic heterocycles. The molecule has 0 saturated carbocycles. The first-order chi connectivity index (χ1) is 15.8. The van der Waals surface area contributed by atoms with Crippen molar-refractivity contribution in [3.05, 3.63) is 94.7 Å². The van der Waals surface area contributed by atoms with Gasteiger partial charge in [-0.3, -0.25) is 10.0 Å². The molecule has 0 bridgehead atoms. The monoisotopic (exact) mass is 475 g/mol. The molecule has 0 saturated heterocycles. The van der Waals surface area contributed by atoms with E-state index in [1.807, 2.05) is 60.0 Å². The van der Waals surface area contributed by atoms with Gasteiger partial charge in [0.2, 0.25) is 0 Å². The number of anilines is 1. The smallest absolute Gasteiger partial charge is 0.175 e. The molecule has 2 heterocycles. The molecular formula is C26H21NO4S2. The highest BCUT2D eigenvalue weighted by Gasteiger charge is 2.36. The number of hydroxylamine groups is 1. The molecule has 1 N–H and O–H groups in total. The summed E-state index contributed by atoms with van der Waals surface area (Å²) >= 11 is 1.48. The van der Waals surface area contributed by atoms with E-state index in [0.717, 1.165) is 37.8 Å². The van der Waals surface area contributed by atoms with E-state index in [2.05, 4.69) is 0 Å². The third-order valence-electron chi connectivity index (χ3n) is 5.88. The normalized spacial score (nSPS) is 16.0. The molecule has 0 fully saturated rings. The maximum atomic E-state index is 12.8. The van der Waals surface area contributed by atoms with Gasteiger partial charge in [-0.1, -0.05) is 66.7 Å². The minimum atomic E-state index is -3.23. The standard InChI is InChI=1S/C26H21NO4S2/c1-33(30,31)21-13-11-18(12-14-21)17-7-9-19(10-8-17)22-16-32-24-15-23(28)25(27(29)26(22)24)20-5-3-2-4-6-20/h2-14,16,25,29H,15H2,1H3. The Hall–Kier alpha value is -3.26. The third kappa shape index (κ3) is 3.99. The molecule has 5 rings (SSSR count). The van der Waals surface area contributed by atoms with Crippen LogP contribution >= 0.6 is 11.3 Å². The summed E-state index contributed by atoms with van der Waals surface area (Å²) in [6.45, 7) is 0. The van der Waals surface area contributed by atoms with Crippen LogP contribution in [0.15, 0.2) is 89.1 Å². The molecule has 7 heteroatoms. The molecule has 0 spiro atoms. The van der Waals surface area contributed by atoms with E-state index in [-0.39, 0.29) is 5.78 Å². The molecular weight excluding hydrogens is 454 g/mol. The lowest BCUT2D eigenvalue weighted by Crippen LogP contribution is -2.36. The van der Waals surface area contributed by atoms with Gasteiger partial charge in [0.15, 0.2) is 15.6 Å². The average molecular weight is 476 g/mol. The van der Waals surface area contributed by atoms with Gasteiger partial charge >= 0.3 is 0 Å². The van der Waals surface area contributed by atoms with Crippen molar-refractivity contribution in [2.45, 2.75) is 17.4 Å². The Morgan fingerprint density at radius 2 is 1.45 bits per heavy atom. The van der Waals surface area contributed by atoms with Crippen LogP contribution in [0.2, 0.25) is 0 Å². The van der Waals surface area contributed by atoms with Crippen molar-refractivity contribution in [2.75, 3.05) is 11.3 Å². The number of hydrogen-bond donors (Lipinski definition) is 1. The lowest BCUT2D eigenvalue weighted by molar-refractivity contribution is -0.121. The van der Waals surface area contributed by atoms with Crippen LogP contribution in [0.1, 0.15) is 16.5 Å². The van der Waals surface area contributed by atoms with Gasteiger partial charge in [0.25, 0.3) is 0 Å². The maximum absolute atomic E-state index is 12.8. The Balaban J connectivity index is 1.47. The van der Waals surface area contributed by atoms with Crippen LogP contribution in [0.5, 0.6) is 0 Å². The SMILES string of the molecule is CS(=O)(=O)c1ccc(-c2ccc(-c3csc4c3N(O)C(c3ccccc3)C(=O)C4)cc2)cc1. The molecule has 0 radical (unpaired) electrons. The Morgan fingerprint density at radius 3 is 2.06 bits per heavy atom. The first kappa shape index (κ1) is 21.6. The molecule has 1 unspecified atom stereocenters. The van der Waals surface area contributed by atoms with E-state index < -0.39 is 15.9 Å². The summed E-state index contributed by atoms with van der Waals surface area (Å²) in [5.74, 6) is -0.0301. The van der Waals surface area contributed by atoms with Crippen molar-refractivity contribution in [3.8, 4) is 22.3 Å². The number of hydrogen-bond acceptors (Lipinski definition) is 6. The topological polar surface area (TPSA) is 74.7 Å². The number of benzene rings is 3. The van der Waals surface area contributed by atoms with Gasteiger partial charge in [0, 0.05) is 28.5 Å². The summed E-state index contributed by atoms with van der Waals surface area (Å²) in [6, 6.07) is 23.3. The largest absolute Gasteiger partial charge is 0.296 e.